The van der Waals surface area contributed by atoms with Crippen LogP contribution in [0.1, 0.15) is 87.1 Å². The van der Waals surface area contributed by atoms with Gasteiger partial charge in [-0.25, -0.2) is 0 Å². The van der Waals surface area contributed by atoms with Gasteiger partial charge in [-0.2, -0.15) is 0 Å². The number of pyridine rings is 1. The number of ether oxygens (including phenoxy) is 2. The number of aliphatic hydroxyl groups is 1. The van der Waals surface area contributed by atoms with E-state index in [1.165, 1.54) is 12.1 Å². The SMILES string of the molecule is O=C(CC(c1ccccc1)c1cccc(OCc2ccc(C(=O)NCCCCNC[C@H](O)c3ccc(O)c4[nH]c(=O)ccc34)cc2)c1)O[C@H]1C[N+]2(CC(=O)c3ccccc3)CCC1CC2. The lowest BCUT2D eigenvalue weighted by Gasteiger charge is -2.51. The number of H-pyrrole nitrogens is 1. The molecule has 3 atom stereocenters. The minimum Gasteiger partial charge on any atom is -0.506 e. The maximum Gasteiger partial charge on any atom is 0.307 e. The Hall–Kier alpha value is -6.60. The second-order valence-corrected chi connectivity index (χ2v) is 17.5. The second-order valence-electron chi connectivity index (χ2n) is 17.5. The Balaban J connectivity index is 0.790. The number of benzene rings is 5. The number of hydrogen-bond donors (Lipinski definition) is 5. The van der Waals surface area contributed by atoms with Crippen molar-refractivity contribution in [3.05, 3.63) is 177 Å². The van der Waals surface area contributed by atoms with E-state index in [-0.39, 0.29) is 47.4 Å². The Morgan fingerprint density at radius 1 is 0.785 bits per heavy atom. The lowest BCUT2D eigenvalue weighted by molar-refractivity contribution is -0.938. The molecule has 336 valence electrons. The van der Waals surface area contributed by atoms with E-state index in [1.807, 2.05) is 97.1 Å². The van der Waals surface area contributed by atoms with E-state index in [9.17, 15) is 29.4 Å². The van der Waals surface area contributed by atoms with Crippen LogP contribution in [0.3, 0.4) is 0 Å². The minimum absolute atomic E-state index is 0.0514. The first-order valence-corrected chi connectivity index (χ1v) is 22.6. The van der Waals surface area contributed by atoms with Gasteiger partial charge in [0.25, 0.3) is 5.91 Å². The van der Waals surface area contributed by atoms with Gasteiger partial charge in [0.05, 0.1) is 31.1 Å². The van der Waals surface area contributed by atoms with E-state index in [1.54, 1.807) is 24.3 Å². The van der Waals surface area contributed by atoms with Crippen LogP contribution in [-0.2, 0) is 16.1 Å². The monoisotopic (exact) mass is 877 g/mol. The number of nitrogens with one attached hydrogen (secondary N) is 3. The number of esters is 1. The largest absolute Gasteiger partial charge is 0.506 e. The molecule has 0 saturated carbocycles. The van der Waals surface area contributed by atoms with Crippen molar-refractivity contribution in [1.82, 2.24) is 15.6 Å². The van der Waals surface area contributed by atoms with Crippen LogP contribution < -0.4 is 20.9 Å². The Kier molecular flexibility index (Phi) is 14.5. The van der Waals surface area contributed by atoms with Crippen molar-refractivity contribution < 1.29 is 38.6 Å². The van der Waals surface area contributed by atoms with E-state index >= 15 is 0 Å². The van der Waals surface area contributed by atoms with Crippen LogP contribution in [-0.4, -0.2) is 89.3 Å². The topological polar surface area (TPSA) is 167 Å². The molecule has 5 N–H and O–H groups in total. The van der Waals surface area contributed by atoms with Crippen molar-refractivity contribution in [2.24, 2.45) is 5.92 Å². The number of unbranched alkanes of at least 4 members (excludes halogenated alkanes) is 1. The number of aliphatic hydroxyl groups excluding tert-OH is 1. The van der Waals surface area contributed by atoms with Crippen molar-refractivity contribution in [1.29, 1.82) is 0 Å². The van der Waals surface area contributed by atoms with Gasteiger partial charge in [-0.1, -0.05) is 91.0 Å². The maximum atomic E-state index is 13.8. The third-order valence-electron chi connectivity index (χ3n) is 13.0. The molecule has 3 saturated heterocycles. The fraction of sp³-hybridized carbons (Fsp3) is 0.321. The zero-order chi connectivity index (χ0) is 45.2. The van der Waals surface area contributed by atoms with Crippen LogP contribution in [0.25, 0.3) is 10.9 Å². The first-order chi connectivity index (χ1) is 31.6. The van der Waals surface area contributed by atoms with E-state index in [0.717, 1.165) is 61.0 Å². The normalized spacial score (nSPS) is 18.7. The van der Waals surface area contributed by atoms with Crippen LogP contribution in [0.4, 0.5) is 0 Å². The van der Waals surface area contributed by atoms with Gasteiger partial charge in [-0.3, -0.25) is 19.2 Å². The number of rotatable bonds is 20. The molecule has 0 aliphatic carbocycles. The molecule has 4 heterocycles. The summed E-state index contributed by atoms with van der Waals surface area (Å²) in [5.74, 6) is 0.412. The van der Waals surface area contributed by atoms with Gasteiger partial charge in [-0.05, 0) is 78.0 Å². The highest BCUT2D eigenvalue weighted by Gasteiger charge is 2.48. The molecular weight excluding hydrogens is 821 g/mol. The standard InChI is InChI=1S/C53H56N4O8/c58-46-22-20-43(44-21-23-50(61)56-52(44)46)47(59)32-54-26-7-8-27-55-53(63)40-18-16-36(17-19-40)35-64-42-15-9-14-41(30-42)45(37-10-3-1-4-11-37)31-51(62)65-49-34-57(28-24-39(49)25-29-57)33-48(60)38-12-5-2-6-13-38/h1-6,9-23,30,39,45,47,49,54,59H,7-8,24-29,31-35H2,(H2-,55,56,58,61,63)/p+1/t39?,45?,47-,49-,57?/m0/s1. The predicted molar refractivity (Wildman–Crippen MR) is 249 cm³/mol. The molecule has 12 nitrogen and oxygen atoms in total. The number of nitrogens with zero attached hydrogens (tertiary/aromatic N) is 1. The summed E-state index contributed by atoms with van der Waals surface area (Å²) >= 11 is 0. The number of aromatic nitrogens is 1. The molecule has 0 radical (unpaired) electrons. The lowest BCUT2D eigenvalue weighted by atomic mass is 9.82. The summed E-state index contributed by atoms with van der Waals surface area (Å²) in [6.07, 6.45) is 2.55. The van der Waals surface area contributed by atoms with E-state index in [2.05, 4.69) is 15.6 Å². The second kappa shape index (κ2) is 20.9. The fourth-order valence-electron chi connectivity index (χ4n) is 9.41. The number of hydrogen-bond acceptors (Lipinski definition) is 9. The van der Waals surface area contributed by atoms with Crippen LogP contribution in [0.5, 0.6) is 11.5 Å². The average molecular weight is 878 g/mol. The Morgan fingerprint density at radius 2 is 1.51 bits per heavy atom. The number of piperidine rings is 3. The zero-order valence-electron chi connectivity index (χ0n) is 36.5. The smallest absolute Gasteiger partial charge is 0.307 e. The van der Waals surface area contributed by atoms with E-state index in [0.29, 0.717) is 77.5 Å². The number of Topliss-reactive ketones (excluding diaryl/α,β-unsaturated/α-hetero) is 1. The molecule has 1 amide bonds. The number of aromatic amines is 1. The third kappa shape index (κ3) is 11.4. The summed E-state index contributed by atoms with van der Waals surface area (Å²) in [6, 6.07) is 40.7. The van der Waals surface area contributed by atoms with Crippen LogP contribution >= 0.6 is 0 Å². The predicted octanol–water partition coefficient (Wildman–Crippen LogP) is 7.20. The zero-order valence-corrected chi connectivity index (χ0v) is 36.5. The summed E-state index contributed by atoms with van der Waals surface area (Å²) in [5, 5.41) is 27.7. The van der Waals surface area contributed by atoms with E-state index in [4.69, 9.17) is 9.47 Å². The first kappa shape index (κ1) is 45.0. The lowest BCUT2D eigenvalue weighted by Crippen LogP contribution is -2.65. The van der Waals surface area contributed by atoms with Crippen molar-refractivity contribution in [3.8, 4) is 11.5 Å². The average Bonchev–Trinajstić information content (AvgIpc) is 3.33. The Bertz CT molecular complexity index is 2630. The Morgan fingerprint density at radius 3 is 2.28 bits per heavy atom. The van der Waals surface area contributed by atoms with Crippen molar-refractivity contribution in [2.45, 2.75) is 56.8 Å². The van der Waals surface area contributed by atoms with Crippen molar-refractivity contribution in [3.63, 3.8) is 0 Å². The van der Waals surface area contributed by atoms with Gasteiger partial charge < -0.3 is 39.8 Å². The van der Waals surface area contributed by atoms with Gasteiger partial charge >= 0.3 is 5.97 Å². The van der Waals surface area contributed by atoms with Gasteiger partial charge in [0, 0.05) is 60.3 Å². The number of fused-ring (bicyclic) bond motifs is 4. The number of ketones is 1. The number of phenols is 1. The number of carbonyl (C=O) groups excluding carboxylic acids is 3. The van der Waals surface area contributed by atoms with Gasteiger partial charge in [0.2, 0.25) is 11.3 Å². The molecule has 3 fully saturated rings. The van der Waals surface area contributed by atoms with Gasteiger partial charge in [-0.15, -0.1) is 0 Å². The molecule has 3 aliphatic rings. The van der Waals surface area contributed by atoms with Crippen LogP contribution in [0.2, 0.25) is 0 Å². The molecular formula is C53H57N4O8+. The summed E-state index contributed by atoms with van der Waals surface area (Å²) in [5.41, 5.74) is 4.71. The molecule has 5 aromatic carbocycles. The summed E-state index contributed by atoms with van der Waals surface area (Å²) in [6.45, 7) is 4.69. The number of aromatic hydroxyl groups is 1. The summed E-state index contributed by atoms with van der Waals surface area (Å²) in [4.78, 5) is 54.2. The molecule has 3 aliphatic heterocycles. The molecule has 0 spiro atoms. The van der Waals surface area contributed by atoms with Gasteiger partial charge in [0.15, 0.2) is 6.10 Å². The number of carbonyl (C=O) groups is 3. The molecule has 9 rings (SSSR count). The molecule has 12 heteroatoms. The number of amides is 1. The van der Waals surface area contributed by atoms with E-state index < -0.39 is 6.10 Å². The van der Waals surface area contributed by atoms with Crippen molar-refractivity contribution >= 4 is 28.6 Å². The minimum atomic E-state index is -0.834. The number of phenolic OH excluding ortho intramolecular Hbond substituents is 1. The molecule has 1 unspecified atom stereocenters. The van der Waals surface area contributed by atoms with Gasteiger partial charge in [0.1, 0.15) is 31.2 Å². The highest BCUT2D eigenvalue weighted by Crippen LogP contribution is 2.37. The maximum absolute atomic E-state index is 13.8. The highest BCUT2D eigenvalue weighted by atomic mass is 16.5. The Labute approximate surface area is 378 Å². The third-order valence-corrected chi connectivity index (χ3v) is 13.0. The first-order valence-electron chi connectivity index (χ1n) is 22.6. The summed E-state index contributed by atoms with van der Waals surface area (Å²) < 4.78 is 13.2. The molecule has 2 bridgehead atoms. The molecule has 1 aromatic heterocycles. The summed E-state index contributed by atoms with van der Waals surface area (Å²) in [7, 11) is 0. The molecule has 6 aromatic rings. The van der Waals surface area contributed by atoms with Crippen molar-refractivity contribution in [2.75, 3.05) is 45.8 Å². The quantitative estimate of drug-likeness (QED) is 0.0231. The molecule has 65 heavy (non-hydrogen) atoms. The van der Waals surface area contributed by atoms with Crippen LogP contribution in [0, 0.1) is 5.92 Å². The van der Waals surface area contributed by atoms with Crippen LogP contribution in [0.15, 0.2) is 138 Å². The fourth-order valence-corrected chi connectivity index (χ4v) is 9.41. The number of quaternary nitrogens is 1. The highest BCUT2D eigenvalue weighted by molar-refractivity contribution is 5.97.